The lowest BCUT2D eigenvalue weighted by Gasteiger charge is -2.17. The number of anilines is 1. The molecule has 1 aliphatic heterocycles. The summed E-state index contributed by atoms with van der Waals surface area (Å²) in [7, 11) is 1.58. The standard InChI is InChI=1S/C24H23N3O3/c1-15-11-19(17-4-6-22(29-2)25-14-17)26-21(12-15)27-23(28)24(8-9-24)18-5-3-16-7-10-30-20(16)13-18/h3-6,11-14H,7-10H2,1-2H3,(H,26,27,28). The third-order valence-electron chi connectivity index (χ3n) is 5.89. The van der Waals surface area contributed by atoms with Crippen molar-refractivity contribution in [3.8, 4) is 22.9 Å². The van der Waals surface area contributed by atoms with Crippen molar-refractivity contribution < 1.29 is 14.3 Å². The largest absolute Gasteiger partial charge is 0.493 e. The van der Waals surface area contributed by atoms with E-state index in [0.29, 0.717) is 18.3 Å². The second-order valence-corrected chi connectivity index (χ2v) is 7.96. The van der Waals surface area contributed by atoms with Crippen molar-refractivity contribution in [3.05, 3.63) is 65.4 Å². The summed E-state index contributed by atoms with van der Waals surface area (Å²) in [6.07, 6.45) is 4.32. The Kier molecular flexibility index (Phi) is 4.42. The zero-order chi connectivity index (χ0) is 20.7. The van der Waals surface area contributed by atoms with Crippen LogP contribution in [-0.2, 0) is 16.6 Å². The highest BCUT2D eigenvalue weighted by Crippen LogP contribution is 2.50. The molecule has 2 aliphatic rings. The summed E-state index contributed by atoms with van der Waals surface area (Å²) in [5, 5.41) is 3.05. The Morgan fingerprint density at radius 1 is 1.17 bits per heavy atom. The van der Waals surface area contributed by atoms with Crippen LogP contribution in [0.4, 0.5) is 5.82 Å². The topological polar surface area (TPSA) is 73.3 Å². The molecule has 0 spiro atoms. The van der Waals surface area contributed by atoms with Crippen molar-refractivity contribution in [1.29, 1.82) is 0 Å². The van der Waals surface area contributed by atoms with E-state index in [1.165, 1.54) is 5.56 Å². The Labute approximate surface area is 175 Å². The molecule has 0 atom stereocenters. The van der Waals surface area contributed by atoms with Gasteiger partial charge in [-0.2, -0.15) is 0 Å². The van der Waals surface area contributed by atoms with E-state index in [-0.39, 0.29) is 5.91 Å². The molecule has 0 bridgehead atoms. The molecule has 1 N–H and O–H groups in total. The molecule has 6 heteroatoms. The molecule has 0 unspecified atom stereocenters. The highest BCUT2D eigenvalue weighted by molar-refractivity contribution is 6.01. The molecule has 152 valence electrons. The van der Waals surface area contributed by atoms with Crippen molar-refractivity contribution in [2.75, 3.05) is 19.0 Å². The predicted octanol–water partition coefficient (Wildman–Crippen LogP) is 4.07. The van der Waals surface area contributed by atoms with Crippen molar-refractivity contribution in [1.82, 2.24) is 9.97 Å². The van der Waals surface area contributed by atoms with Crippen LogP contribution in [0.1, 0.15) is 29.5 Å². The fourth-order valence-corrected chi connectivity index (χ4v) is 4.00. The average molecular weight is 401 g/mol. The number of pyridine rings is 2. The van der Waals surface area contributed by atoms with E-state index in [9.17, 15) is 4.79 Å². The molecule has 1 amide bonds. The number of hydrogen-bond donors (Lipinski definition) is 1. The predicted molar refractivity (Wildman–Crippen MR) is 114 cm³/mol. The van der Waals surface area contributed by atoms with Gasteiger partial charge in [-0.3, -0.25) is 4.79 Å². The normalized spacial score (nSPS) is 15.8. The van der Waals surface area contributed by atoms with Crippen LogP contribution in [0, 0.1) is 6.92 Å². The summed E-state index contributed by atoms with van der Waals surface area (Å²) in [4.78, 5) is 22.1. The monoisotopic (exact) mass is 401 g/mol. The van der Waals surface area contributed by atoms with Crippen LogP contribution in [0.2, 0.25) is 0 Å². The summed E-state index contributed by atoms with van der Waals surface area (Å²) in [6, 6.07) is 13.8. The first-order valence-electron chi connectivity index (χ1n) is 10.1. The Hall–Kier alpha value is -3.41. The number of rotatable bonds is 5. The summed E-state index contributed by atoms with van der Waals surface area (Å²) in [5.74, 6) is 2.00. The van der Waals surface area contributed by atoms with E-state index >= 15 is 0 Å². The van der Waals surface area contributed by atoms with Gasteiger partial charge in [-0.05, 0) is 60.7 Å². The second kappa shape index (κ2) is 7.13. The zero-order valence-corrected chi connectivity index (χ0v) is 17.1. The number of aromatic nitrogens is 2. The number of nitrogens with one attached hydrogen (secondary N) is 1. The number of methoxy groups -OCH3 is 1. The lowest BCUT2D eigenvalue weighted by Crippen LogP contribution is -2.28. The zero-order valence-electron chi connectivity index (χ0n) is 17.1. The minimum absolute atomic E-state index is 0.0163. The molecule has 1 saturated carbocycles. The summed E-state index contributed by atoms with van der Waals surface area (Å²) in [6.45, 7) is 2.71. The second-order valence-electron chi connectivity index (χ2n) is 7.96. The lowest BCUT2D eigenvalue weighted by atomic mass is 9.93. The molecule has 0 saturated heterocycles. The first-order valence-corrected chi connectivity index (χ1v) is 10.1. The summed E-state index contributed by atoms with van der Waals surface area (Å²) < 4.78 is 10.8. The molecule has 6 nitrogen and oxygen atoms in total. The maximum Gasteiger partial charge on any atom is 0.236 e. The van der Waals surface area contributed by atoms with E-state index < -0.39 is 5.41 Å². The molecule has 2 aromatic heterocycles. The molecule has 30 heavy (non-hydrogen) atoms. The van der Waals surface area contributed by atoms with Crippen molar-refractivity contribution >= 4 is 11.7 Å². The van der Waals surface area contributed by atoms with Crippen LogP contribution in [0.5, 0.6) is 11.6 Å². The third kappa shape index (κ3) is 3.28. The fourth-order valence-electron chi connectivity index (χ4n) is 4.00. The first kappa shape index (κ1) is 18.6. The van der Waals surface area contributed by atoms with Crippen LogP contribution in [-0.4, -0.2) is 29.6 Å². The number of hydrogen-bond acceptors (Lipinski definition) is 5. The lowest BCUT2D eigenvalue weighted by molar-refractivity contribution is -0.118. The summed E-state index contributed by atoms with van der Waals surface area (Å²) >= 11 is 0. The third-order valence-corrected chi connectivity index (χ3v) is 5.89. The highest BCUT2D eigenvalue weighted by Gasteiger charge is 2.51. The van der Waals surface area contributed by atoms with Crippen molar-refractivity contribution in [2.24, 2.45) is 0 Å². The van der Waals surface area contributed by atoms with E-state index in [1.807, 2.05) is 31.2 Å². The molecular formula is C24H23N3O3. The van der Waals surface area contributed by atoms with Crippen LogP contribution in [0.25, 0.3) is 11.3 Å². The van der Waals surface area contributed by atoms with Crippen LogP contribution >= 0.6 is 0 Å². The fraction of sp³-hybridized carbons (Fsp3) is 0.292. The maximum atomic E-state index is 13.2. The maximum absolute atomic E-state index is 13.2. The first-order chi connectivity index (χ1) is 14.6. The number of ether oxygens (including phenoxy) is 2. The smallest absolute Gasteiger partial charge is 0.236 e. The van der Waals surface area contributed by atoms with E-state index in [0.717, 1.165) is 47.4 Å². The molecule has 1 fully saturated rings. The van der Waals surface area contributed by atoms with Gasteiger partial charge in [0.15, 0.2) is 0 Å². The Morgan fingerprint density at radius 2 is 2.03 bits per heavy atom. The van der Waals surface area contributed by atoms with Crippen LogP contribution < -0.4 is 14.8 Å². The molecule has 3 heterocycles. The van der Waals surface area contributed by atoms with E-state index in [2.05, 4.69) is 27.4 Å². The van der Waals surface area contributed by atoms with Gasteiger partial charge in [-0.15, -0.1) is 0 Å². The quantitative estimate of drug-likeness (QED) is 0.698. The molecule has 0 radical (unpaired) electrons. The van der Waals surface area contributed by atoms with Gasteiger partial charge in [0.1, 0.15) is 11.6 Å². The van der Waals surface area contributed by atoms with Gasteiger partial charge < -0.3 is 14.8 Å². The number of nitrogens with zero attached hydrogens (tertiary/aromatic N) is 2. The van der Waals surface area contributed by atoms with Gasteiger partial charge in [-0.25, -0.2) is 9.97 Å². The Bertz CT molecular complexity index is 1120. The minimum atomic E-state index is -0.492. The molecule has 3 aromatic rings. The van der Waals surface area contributed by atoms with Gasteiger partial charge >= 0.3 is 0 Å². The highest BCUT2D eigenvalue weighted by atomic mass is 16.5. The number of fused-ring (bicyclic) bond motifs is 1. The number of aryl methyl sites for hydroxylation is 1. The van der Waals surface area contributed by atoms with Gasteiger partial charge in [0, 0.05) is 24.2 Å². The number of amides is 1. The average Bonchev–Trinajstić information content (AvgIpc) is 3.44. The Morgan fingerprint density at radius 3 is 2.77 bits per heavy atom. The van der Waals surface area contributed by atoms with Gasteiger partial charge in [0.2, 0.25) is 11.8 Å². The van der Waals surface area contributed by atoms with Crippen molar-refractivity contribution in [3.63, 3.8) is 0 Å². The van der Waals surface area contributed by atoms with Crippen LogP contribution in [0.3, 0.4) is 0 Å². The minimum Gasteiger partial charge on any atom is -0.493 e. The van der Waals surface area contributed by atoms with Crippen molar-refractivity contribution in [2.45, 2.75) is 31.6 Å². The molecule has 1 aliphatic carbocycles. The van der Waals surface area contributed by atoms with Gasteiger partial charge in [0.05, 0.1) is 24.8 Å². The SMILES string of the molecule is COc1ccc(-c2cc(C)cc(NC(=O)C3(c4ccc5c(c4)OCC5)CC3)n2)cn1. The number of carbonyl (C=O) groups is 1. The van der Waals surface area contributed by atoms with Crippen LogP contribution in [0.15, 0.2) is 48.7 Å². The van der Waals surface area contributed by atoms with E-state index in [4.69, 9.17) is 9.47 Å². The van der Waals surface area contributed by atoms with Gasteiger partial charge in [0.25, 0.3) is 0 Å². The summed E-state index contributed by atoms with van der Waals surface area (Å²) in [5.41, 5.74) is 4.39. The Balaban J connectivity index is 1.40. The number of benzene rings is 1. The molecule has 5 rings (SSSR count). The molecule has 1 aromatic carbocycles. The molecular weight excluding hydrogens is 378 g/mol. The van der Waals surface area contributed by atoms with Gasteiger partial charge in [-0.1, -0.05) is 12.1 Å². The number of carbonyl (C=O) groups excluding carboxylic acids is 1. The van der Waals surface area contributed by atoms with E-state index in [1.54, 1.807) is 19.4 Å².